The van der Waals surface area contributed by atoms with E-state index in [0.29, 0.717) is 10.6 Å². The van der Waals surface area contributed by atoms with Crippen LogP contribution in [0.1, 0.15) is 16.7 Å². The molecule has 2 aromatic rings. The second-order valence-electron chi connectivity index (χ2n) is 4.07. The Labute approximate surface area is 110 Å². The Balaban J connectivity index is 2.71. The summed E-state index contributed by atoms with van der Waals surface area (Å²) in [7, 11) is 0. The standard InChI is InChI=1S/C14H11ClN2O/c1-8-9(2)13(17-14(18)12(8)7-16)10-3-5-11(15)6-4-10/h3-6H,1-2H3,(H,17,18). The van der Waals surface area contributed by atoms with Gasteiger partial charge in [0.15, 0.2) is 0 Å². The third-order valence-electron chi connectivity index (χ3n) is 3.02. The summed E-state index contributed by atoms with van der Waals surface area (Å²) < 4.78 is 0. The van der Waals surface area contributed by atoms with E-state index in [1.807, 2.05) is 25.1 Å². The number of halogens is 1. The quantitative estimate of drug-likeness (QED) is 0.854. The van der Waals surface area contributed by atoms with Gasteiger partial charge in [0.2, 0.25) is 0 Å². The maximum Gasteiger partial charge on any atom is 0.266 e. The van der Waals surface area contributed by atoms with E-state index in [9.17, 15) is 4.79 Å². The smallest absolute Gasteiger partial charge is 0.266 e. The van der Waals surface area contributed by atoms with Crippen molar-refractivity contribution in [3.63, 3.8) is 0 Å². The van der Waals surface area contributed by atoms with Crippen LogP contribution in [0.3, 0.4) is 0 Å². The summed E-state index contributed by atoms with van der Waals surface area (Å²) in [4.78, 5) is 14.5. The molecule has 0 amide bonds. The fourth-order valence-electron chi connectivity index (χ4n) is 1.85. The maximum atomic E-state index is 11.8. The van der Waals surface area contributed by atoms with Gasteiger partial charge in [0.05, 0.1) is 5.69 Å². The number of pyridine rings is 1. The van der Waals surface area contributed by atoms with Gasteiger partial charge < -0.3 is 4.98 Å². The summed E-state index contributed by atoms with van der Waals surface area (Å²) in [6.07, 6.45) is 0. The zero-order valence-electron chi connectivity index (χ0n) is 10.0. The van der Waals surface area contributed by atoms with Crippen molar-refractivity contribution >= 4 is 11.6 Å². The molecule has 0 aliphatic heterocycles. The van der Waals surface area contributed by atoms with Gasteiger partial charge in [-0.05, 0) is 42.7 Å². The number of hydrogen-bond donors (Lipinski definition) is 1. The molecule has 1 heterocycles. The van der Waals surface area contributed by atoms with Crippen LogP contribution in [0.15, 0.2) is 29.1 Å². The molecule has 1 N–H and O–H groups in total. The summed E-state index contributed by atoms with van der Waals surface area (Å²) in [5, 5.41) is 9.58. The van der Waals surface area contributed by atoms with Crippen molar-refractivity contribution < 1.29 is 0 Å². The monoisotopic (exact) mass is 258 g/mol. The number of H-pyrrole nitrogens is 1. The van der Waals surface area contributed by atoms with Crippen LogP contribution in [-0.2, 0) is 0 Å². The molecule has 1 aromatic heterocycles. The predicted octanol–water partition coefficient (Wildman–Crippen LogP) is 3.18. The third kappa shape index (κ3) is 2.03. The van der Waals surface area contributed by atoms with E-state index in [0.717, 1.165) is 16.8 Å². The Morgan fingerprint density at radius 1 is 1.17 bits per heavy atom. The van der Waals surface area contributed by atoms with Crippen LogP contribution in [-0.4, -0.2) is 4.98 Å². The van der Waals surface area contributed by atoms with E-state index in [2.05, 4.69) is 4.98 Å². The van der Waals surface area contributed by atoms with E-state index in [-0.39, 0.29) is 11.1 Å². The topological polar surface area (TPSA) is 56.6 Å². The lowest BCUT2D eigenvalue weighted by atomic mass is 10.00. The van der Waals surface area contributed by atoms with Gasteiger partial charge >= 0.3 is 0 Å². The number of nitriles is 1. The van der Waals surface area contributed by atoms with Gasteiger partial charge in [-0.1, -0.05) is 23.7 Å². The molecule has 90 valence electrons. The van der Waals surface area contributed by atoms with Gasteiger partial charge in [-0.2, -0.15) is 5.26 Å². The van der Waals surface area contributed by atoms with Crippen molar-refractivity contribution in [2.24, 2.45) is 0 Å². The molecule has 0 unspecified atom stereocenters. The molecule has 0 aliphatic rings. The summed E-state index contributed by atoms with van der Waals surface area (Å²) in [5.74, 6) is 0. The summed E-state index contributed by atoms with van der Waals surface area (Å²) in [6.45, 7) is 3.67. The van der Waals surface area contributed by atoms with Crippen LogP contribution in [0.2, 0.25) is 5.02 Å². The van der Waals surface area contributed by atoms with Crippen LogP contribution in [0, 0.1) is 25.2 Å². The van der Waals surface area contributed by atoms with E-state index < -0.39 is 0 Å². The van der Waals surface area contributed by atoms with Crippen molar-refractivity contribution in [1.29, 1.82) is 5.26 Å². The Kier molecular flexibility index (Phi) is 3.22. The lowest BCUT2D eigenvalue weighted by Gasteiger charge is -2.09. The molecule has 1 aromatic carbocycles. The molecular weight excluding hydrogens is 248 g/mol. The number of nitrogens with zero attached hydrogens (tertiary/aromatic N) is 1. The Bertz CT molecular complexity index is 693. The SMILES string of the molecule is Cc1c(-c2ccc(Cl)cc2)[nH]c(=O)c(C#N)c1C. The molecule has 3 nitrogen and oxygen atoms in total. The summed E-state index contributed by atoms with van der Waals surface area (Å²) >= 11 is 5.83. The first-order valence-electron chi connectivity index (χ1n) is 5.44. The minimum absolute atomic E-state index is 0.171. The first kappa shape index (κ1) is 12.4. The average molecular weight is 259 g/mol. The Hall–Kier alpha value is -2.05. The number of benzene rings is 1. The van der Waals surface area contributed by atoms with Crippen molar-refractivity contribution in [3.8, 4) is 17.3 Å². The lowest BCUT2D eigenvalue weighted by Crippen LogP contribution is -2.14. The van der Waals surface area contributed by atoms with E-state index in [4.69, 9.17) is 16.9 Å². The third-order valence-corrected chi connectivity index (χ3v) is 3.27. The highest BCUT2D eigenvalue weighted by molar-refractivity contribution is 6.30. The van der Waals surface area contributed by atoms with Gasteiger partial charge in [0.25, 0.3) is 5.56 Å². The molecule has 2 rings (SSSR count). The summed E-state index contributed by atoms with van der Waals surface area (Å²) in [6, 6.07) is 9.14. The fraction of sp³-hybridized carbons (Fsp3) is 0.143. The molecule has 0 atom stereocenters. The largest absolute Gasteiger partial charge is 0.321 e. The van der Waals surface area contributed by atoms with E-state index in [1.165, 1.54) is 0 Å². The van der Waals surface area contributed by atoms with Crippen LogP contribution in [0.5, 0.6) is 0 Å². The average Bonchev–Trinajstić information content (AvgIpc) is 2.36. The van der Waals surface area contributed by atoms with Gasteiger partial charge in [0, 0.05) is 5.02 Å². The van der Waals surface area contributed by atoms with E-state index >= 15 is 0 Å². The van der Waals surface area contributed by atoms with Gasteiger partial charge in [-0.25, -0.2) is 0 Å². The summed E-state index contributed by atoms with van der Waals surface area (Å²) in [5.41, 5.74) is 3.03. The lowest BCUT2D eigenvalue weighted by molar-refractivity contribution is 1.14. The van der Waals surface area contributed by atoms with E-state index in [1.54, 1.807) is 19.1 Å². The highest BCUT2D eigenvalue weighted by Crippen LogP contribution is 2.24. The van der Waals surface area contributed by atoms with Gasteiger partial charge in [0.1, 0.15) is 11.6 Å². The molecule has 0 radical (unpaired) electrons. The highest BCUT2D eigenvalue weighted by atomic mass is 35.5. The van der Waals surface area contributed by atoms with Gasteiger partial charge in [-0.15, -0.1) is 0 Å². The zero-order chi connectivity index (χ0) is 13.3. The zero-order valence-corrected chi connectivity index (χ0v) is 10.8. The van der Waals surface area contributed by atoms with Crippen LogP contribution >= 0.6 is 11.6 Å². The molecule has 4 heteroatoms. The van der Waals surface area contributed by atoms with Crippen molar-refractivity contribution in [1.82, 2.24) is 4.98 Å². The number of hydrogen-bond acceptors (Lipinski definition) is 2. The molecule has 0 bridgehead atoms. The number of rotatable bonds is 1. The Morgan fingerprint density at radius 2 is 1.78 bits per heavy atom. The Morgan fingerprint density at radius 3 is 2.33 bits per heavy atom. The predicted molar refractivity (Wildman–Crippen MR) is 71.7 cm³/mol. The van der Waals surface area contributed by atoms with Crippen LogP contribution < -0.4 is 5.56 Å². The van der Waals surface area contributed by atoms with Crippen LogP contribution in [0.25, 0.3) is 11.3 Å². The molecule has 18 heavy (non-hydrogen) atoms. The molecule has 0 saturated heterocycles. The second-order valence-corrected chi connectivity index (χ2v) is 4.51. The number of aromatic amines is 1. The molecule has 0 spiro atoms. The van der Waals surface area contributed by atoms with Crippen molar-refractivity contribution in [2.75, 3.05) is 0 Å². The molecule has 0 saturated carbocycles. The van der Waals surface area contributed by atoms with Crippen LogP contribution in [0.4, 0.5) is 0 Å². The first-order chi connectivity index (χ1) is 8.54. The normalized spacial score (nSPS) is 10.1. The van der Waals surface area contributed by atoms with Crippen molar-refractivity contribution in [2.45, 2.75) is 13.8 Å². The fourth-order valence-corrected chi connectivity index (χ4v) is 1.98. The second kappa shape index (κ2) is 4.67. The highest BCUT2D eigenvalue weighted by Gasteiger charge is 2.12. The minimum Gasteiger partial charge on any atom is -0.321 e. The minimum atomic E-state index is -0.356. The first-order valence-corrected chi connectivity index (χ1v) is 5.82. The van der Waals surface area contributed by atoms with Crippen molar-refractivity contribution in [3.05, 3.63) is 56.3 Å². The van der Waals surface area contributed by atoms with Gasteiger partial charge in [-0.3, -0.25) is 4.79 Å². The number of nitrogens with one attached hydrogen (secondary N) is 1. The molecule has 0 aliphatic carbocycles. The number of aromatic nitrogens is 1. The molecule has 0 fully saturated rings. The maximum absolute atomic E-state index is 11.8. The molecular formula is C14H11ClN2O.